The molecule has 5 nitrogen and oxygen atoms in total. The standard InChI is InChI=1S/C15H12FNO4/c16-12-3-1-2-10(6-12)8-17-5-4-11(9-17)13(18)7-14(19)15(20)21/h1-7,9,19H,8H2,(H,20,21)/b14-7-. The Balaban J connectivity index is 2.13. The average molecular weight is 289 g/mol. The van der Waals surface area contributed by atoms with Crippen LogP contribution in [0.25, 0.3) is 0 Å². The van der Waals surface area contributed by atoms with Crippen LogP contribution in [0.1, 0.15) is 15.9 Å². The van der Waals surface area contributed by atoms with E-state index in [4.69, 9.17) is 10.2 Å². The zero-order valence-electron chi connectivity index (χ0n) is 10.9. The Kier molecular flexibility index (Phi) is 4.18. The quantitative estimate of drug-likeness (QED) is 0.503. The third-order valence-corrected chi connectivity index (χ3v) is 2.78. The van der Waals surface area contributed by atoms with Crippen LogP contribution in [0.4, 0.5) is 4.39 Å². The van der Waals surface area contributed by atoms with Crippen LogP contribution in [0.2, 0.25) is 0 Å². The summed E-state index contributed by atoms with van der Waals surface area (Å²) >= 11 is 0. The number of allylic oxidation sites excluding steroid dienone is 1. The zero-order valence-corrected chi connectivity index (χ0v) is 10.9. The Morgan fingerprint density at radius 1 is 1.24 bits per heavy atom. The van der Waals surface area contributed by atoms with Crippen LogP contribution < -0.4 is 0 Å². The molecule has 1 aromatic heterocycles. The summed E-state index contributed by atoms with van der Waals surface area (Å²) in [5.41, 5.74) is 0.965. The van der Waals surface area contributed by atoms with Crippen LogP contribution in [-0.4, -0.2) is 26.5 Å². The maximum absolute atomic E-state index is 13.1. The summed E-state index contributed by atoms with van der Waals surface area (Å²) in [5.74, 6) is -3.54. The van der Waals surface area contributed by atoms with Gasteiger partial charge in [-0.25, -0.2) is 9.18 Å². The number of carboxylic acids is 1. The summed E-state index contributed by atoms with van der Waals surface area (Å²) in [5, 5.41) is 17.5. The van der Waals surface area contributed by atoms with Gasteiger partial charge in [-0.15, -0.1) is 0 Å². The number of halogens is 1. The van der Waals surface area contributed by atoms with Crippen LogP contribution in [0, 0.1) is 5.82 Å². The van der Waals surface area contributed by atoms with Gasteiger partial charge in [-0.05, 0) is 23.8 Å². The molecule has 0 aliphatic heterocycles. The van der Waals surface area contributed by atoms with Crippen molar-refractivity contribution in [2.75, 3.05) is 0 Å². The number of carbonyl (C=O) groups excluding carboxylic acids is 1. The molecule has 0 saturated heterocycles. The van der Waals surface area contributed by atoms with Gasteiger partial charge in [0.2, 0.25) is 5.76 Å². The van der Waals surface area contributed by atoms with Gasteiger partial charge in [0.25, 0.3) is 0 Å². The molecule has 6 heteroatoms. The fraction of sp³-hybridized carbons (Fsp3) is 0.0667. The largest absolute Gasteiger partial charge is 0.502 e. The second kappa shape index (κ2) is 6.04. The second-order valence-corrected chi connectivity index (χ2v) is 4.40. The lowest BCUT2D eigenvalue weighted by Crippen LogP contribution is -2.03. The van der Waals surface area contributed by atoms with Gasteiger partial charge in [0.15, 0.2) is 5.78 Å². The summed E-state index contributed by atoms with van der Waals surface area (Å²) in [7, 11) is 0. The molecule has 108 valence electrons. The van der Waals surface area contributed by atoms with E-state index in [0.717, 1.165) is 5.56 Å². The highest BCUT2D eigenvalue weighted by molar-refractivity contribution is 6.07. The van der Waals surface area contributed by atoms with E-state index < -0.39 is 17.5 Å². The third-order valence-electron chi connectivity index (χ3n) is 2.78. The van der Waals surface area contributed by atoms with Crippen molar-refractivity contribution in [1.82, 2.24) is 4.57 Å². The summed E-state index contributed by atoms with van der Waals surface area (Å²) < 4.78 is 14.7. The molecule has 2 N–H and O–H groups in total. The van der Waals surface area contributed by atoms with Crippen LogP contribution in [-0.2, 0) is 11.3 Å². The van der Waals surface area contributed by atoms with Crippen LogP contribution in [0.15, 0.2) is 54.6 Å². The topological polar surface area (TPSA) is 79.5 Å². The number of aliphatic hydroxyl groups is 1. The molecule has 0 fully saturated rings. The number of rotatable bonds is 5. The van der Waals surface area contributed by atoms with Crippen LogP contribution in [0.5, 0.6) is 0 Å². The molecule has 0 amide bonds. The summed E-state index contributed by atoms with van der Waals surface area (Å²) in [6, 6.07) is 7.56. The molecule has 21 heavy (non-hydrogen) atoms. The predicted molar refractivity (Wildman–Crippen MR) is 72.6 cm³/mol. The highest BCUT2D eigenvalue weighted by atomic mass is 19.1. The maximum Gasteiger partial charge on any atom is 0.371 e. The third kappa shape index (κ3) is 3.79. The van der Waals surface area contributed by atoms with E-state index in [0.29, 0.717) is 12.6 Å². The first-order chi connectivity index (χ1) is 9.95. The number of ketones is 1. The minimum Gasteiger partial charge on any atom is -0.502 e. The van der Waals surface area contributed by atoms with E-state index in [1.165, 1.54) is 24.4 Å². The van der Waals surface area contributed by atoms with Gasteiger partial charge in [-0.3, -0.25) is 4.79 Å². The molecule has 0 aliphatic carbocycles. The summed E-state index contributed by atoms with van der Waals surface area (Å²) in [6.07, 6.45) is 3.76. The van der Waals surface area contributed by atoms with Crippen molar-refractivity contribution in [3.8, 4) is 0 Å². The molecule has 2 aromatic rings. The van der Waals surface area contributed by atoms with Crippen molar-refractivity contribution in [2.24, 2.45) is 0 Å². The van der Waals surface area contributed by atoms with Crippen molar-refractivity contribution in [3.63, 3.8) is 0 Å². The lowest BCUT2D eigenvalue weighted by atomic mass is 10.2. The molecule has 0 atom stereocenters. The number of carbonyl (C=O) groups is 2. The van der Waals surface area contributed by atoms with Gasteiger partial charge < -0.3 is 14.8 Å². The zero-order chi connectivity index (χ0) is 15.4. The molecular weight excluding hydrogens is 277 g/mol. The normalized spacial score (nSPS) is 11.4. The van der Waals surface area contributed by atoms with Crippen molar-refractivity contribution >= 4 is 11.8 Å². The Morgan fingerprint density at radius 2 is 2.00 bits per heavy atom. The van der Waals surface area contributed by atoms with Crippen molar-refractivity contribution in [3.05, 3.63) is 71.5 Å². The molecule has 0 saturated carbocycles. The van der Waals surface area contributed by atoms with Crippen molar-refractivity contribution < 1.29 is 24.2 Å². The first-order valence-electron chi connectivity index (χ1n) is 6.04. The first-order valence-corrected chi connectivity index (χ1v) is 6.04. The molecule has 0 radical (unpaired) electrons. The molecule has 0 aliphatic rings. The van der Waals surface area contributed by atoms with Gasteiger partial charge >= 0.3 is 5.97 Å². The fourth-order valence-corrected chi connectivity index (χ4v) is 1.80. The van der Waals surface area contributed by atoms with E-state index >= 15 is 0 Å². The Bertz CT molecular complexity index is 718. The molecule has 0 bridgehead atoms. The first kappa shape index (κ1) is 14.5. The number of nitrogens with zero attached hydrogens (tertiary/aromatic N) is 1. The van der Waals surface area contributed by atoms with E-state index in [1.807, 2.05) is 0 Å². The number of benzene rings is 1. The highest BCUT2D eigenvalue weighted by Gasteiger charge is 2.10. The number of aliphatic carboxylic acids is 1. The highest BCUT2D eigenvalue weighted by Crippen LogP contribution is 2.09. The molecule has 1 aromatic carbocycles. The molecule has 0 unspecified atom stereocenters. The van der Waals surface area contributed by atoms with Gasteiger partial charge in [0.1, 0.15) is 5.82 Å². The van der Waals surface area contributed by atoms with E-state index in [1.54, 1.807) is 22.9 Å². The van der Waals surface area contributed by atoms with Gasteiger partial charge in [-0.1, -0.05) is 12.1 Å². The minimum atomic E-state index is -1.57. The Labute approximate surface area is 119 Å². The second-order valence-electron chi connectivity index (χ2n) is 4.40. The molecule has 1 heterocycles. The van der Waals surface area contributed by atoms with Crippen LogP contribution in [0.3, 0.4) is 0 Å². The van der Waals surface area contributed by atoms with Crippen molar-refractivity contribution in [2.45, 2.75) is 6.54 Å². The van der Waals surface area contributed by atoms with E-state index in [2.05, 4.69) is 0 Å². The van der Waals surface area contributed by atoms with E-state index in [9.17, 15) is 14.0 Å². The van der Waals surface area contributed by atoms with Crippen molar-refractivity contribution in [1.29, 1.82) is 0 Å². The number of carboxylic acid groups (broad SMARTS) is 1. The maximum atomic E-state index is 13.1. The Morgan fingerprint density at radius 3 is 2.67 bits per heavy atom. The van der Waals surface area contributed by atoms with E-state index in [-0.39, 0.29) is 11.4 Å². The van der Waals surface area contributed by atoms with Gasteiger partial charge in [-0.2, -0.15) is 0 Å². The number of aromatic nitrogens is 1. The van der Waals surface area contributed by atoms with Gasteiger partial charge in [0.05, 0.1) is 0 Å². The lowest BCUT2D eigenvalue weighted by molar-refractivity contribution is -0.135. The van der Waals surface area contributed by atoms with Crippen LogP contribution >= 0.6 is 0 Å². The summed E-state index contributed by atoms with van der Waals surface area (Å²) in [6.45, 7) is 0.375. The monoisotopic (exact) mass is 289 g/mol. The molecule has 0 spiro atoms. The lowest BCUT2D eigenvalue weighted by Gasteiger charge is -2.02. The molecular formula is C15H12FNO4. The Hall–Kier alpha value is -2.89. The minimum absolute atomic E-state index is 0.235. The summed E-state index contributed by atoms with van der Waals surface area (Å²) in [4.78, 5) is 22.1. The average Bonchev–Trinajstić information content (AvgIpc) is 2.87. The number of hydrogen-bond acceptors (Lipinski definition) is 3. The number of aliphatic hydroxyl groups excluding tert-OH is 1. The SMILES string of the molecule is O=C(O)/C(O)=C/C(=O)c1ccn(Cc2cccc(F)c2)c1. The van der Waals surface area contributed by atoms with Gasteiger partial charge in [0, 0.05) is 30.6 Å². The fourth-order valence-electron chi connectivity index (χ4n) is 1.80. The smallest absolute Gasteiger partial charge is 0.371 e. The number of hydrogen-bond donors (Lipinski definition) is 2. The molecule has 2 rings (SSSR count). The predicted octanol–water partition coefficient (Wildman–Crippen LogP) is 2.38.